The Morgan fingerprint density at radius 2 is 2.28 bits per heavy atom. The molecule has 1 N–H and O–H groups in total. The number of hydrogen-bond acceptors (Lipinski definition) is 4. The van der Waals surface area contributed by atoms with Crippen LogP contribution in [0.25, 0.3) is 0 Å². The standard InChI is InChI=1S/C12H17N3O2S/c1-3-4-6-10(2)15-18(16,17)12-7-5-8-14-11(12)9-13/h5,7-8,10,15H,3-4,6H2,1-2H3. The van der Waals surface area contributed by atoms with Crippen LogP contribution in [0.2, 0.25) is 0 Å². The Labute approximate surface area is 108 Å². The molecule has 0 radical (unpaired) electrons. The van der Waals surface area contributed by atoms with Crippen LogP contribution in [-0.4, -0.2) is 19.4 Å². The summed E-state index contributed by atoms with van der Waals surface area (Å²) in [6.07, 6.45) is 4.15. The highest BCUT2D eigenvalue weighted by atomic mass is 32.2. The Balaban J connectivity index is 2.90. The molecule has 1 aromatic heterocycles. The van der Waals surface area contributed by atoms with Gasteiger partial charge in [0.25, 0.3) is 0 Å². The van der Waals surface area contributed by atoms with Gasteiger partial charge in [-0.15, -0.1) is 0 Å². The van der Waals surface area contributed by atoms with Crippen LogP contribution in [0, 0.1) is 11.3 Å². The second kappa shape index (κ2) is 6.47. The average molecular weight is 267 g/mol. The highest BCUT2D eigenvalue weighted by molar-refractivity contribution is 7.89. The van der Waals surface area contributed by atoms with Gasteiger partial charge in [-0.3, -0.25) is 0 Å². The van der Waals surface area contributed by atoms with Crippen molar-refractivity contribution in [2.75, 3.05) is 0 Å². The van der Waals surface area contributed by atoms with Gasteiger partial charge in [0.2, 0.25) is 10.0 Å². The minimum Gasteiger partial charge on any atom is -0.244 e. The average Bonchev–Trinajstić information content (AvgIpc) is 2.35. The van der Waals surface area contributed by atoms with Crippen LogP contribution in [0.15, 0.2) is 23.2 Å². The van der Waals surface area contributed by atoms with Gasteiger partial charge in [0.05, 0.1) is 0 Å². The number of aromatic nitrogens is 1. The Bertz CT molecular complexity index is 534. The van der Waals surface area contributed by atoms with Gasteiger partial charge in [-0.1, -0.05) is 19.8 Å². The second-order valence-corrected chi connectivity index (χ2v) is 5.81. The third-order valence-electron chi connectivity index (χ3n) is 2.51. The highest BCUT2D eigenvalue weighted by Gasteiger charge is 2.21. The maximum Gasteiger partial charge on any atom is 0.243 e. The summed E-state index contributed by atoms with van der Waals surface area (Å²) in [4.78, 5) is 3.69. The fraction of sp³-hybridized carbons (Fsp3) is 0.500. The van der Waals surface area contributed by atoms with Crippen molar-refractivity contribution in [2.45, 2.75) is 44.0 Å². The lowest BCUT2D eigenvalue weighted by molar-refractivity contribution is 0.534. The van der Waals surface area contributed by atoms with Crippen LogP contribution < -0.4 is 4.72 Å². The lowest BCUT2D eigenvalue weighted by Crippen LogP contribution is -2.33. The van der Waals surface area contributed by atoms with Crippen LogP contribution in [0.3, 0.4) is 0 Å². The number of nitrogens with zero attached hydrogens (tertiary/aromatic N) is 2. The zero-order valence-corrected chi connectivity index (χ0v) is 11.4. The van der Waals surface area contributed by atoms with E-state index in [1.165, 1.54) is 18.3 Å². The maximum atomic E-state index is 12.1. The van der Waals surface area contributed by atoms with E-state index in [1.807, 2.05) is 6.92 Å². The molecule has 1 unspecified atom stereocenters. The topological polar surface area (TPSA) is 82.8 Å². The second-order valence-electron chi connectivity index (χ2n) is 4.13. The van der Waals surface area contributed by atoms with E-state index >= 15 is 0 Å². The van der Waals surface area contributed by atoms with E-state index in [4.69, 9.17) is 5.26 Å². The van der Waals surface area contributed by atoms with Crippen LogP contribution in [0.5, 0.6) is 0 Å². The van der Waals surface area contributed by atoms with Gasteiger partial charge in [-0.2, -0.15) is 5.26 Å². The van der Waals surface area contributed by atoms with Gasteiger partial charge in [-0.25, -0.2) is 18.1 Å². The molecule has 1 rings (SSSR count). The Morgan fingerprint density at radius 3 is 2.89 bits per heavy atom. The number of unbranched alkanes of at least 4 members (excludes halogenated alkanes) is 1. The summed E-state index contributed by atoms with van der Waals surface area (Å²) in [7, 11) is -3.67. The van der Waals surface area contributed by atoms with Crippen LogP contribution in [-0.2, 0) is 10.0 Å². The van der Waals surface area contributed by atoms with Gasteiger partial charge in [0.15, 0.2) is 5.69 Å². The fourth-order valence-corrected chi connectivity index (χ4v) is 2.97. The van der Waals surface area contributed by atoms with E-state index < -0.39 is 10.0 Å². The van der Waals surface area contributed by atoms with Crippen molar-refractivity contribution in [3.05, 3.63) is 24.0 Å². The molecule has 1 heterocycles. The molecule has 0 aliphatic carbocycles. The molecule has 18 heavy (non-hydrogen) atoms. The predicted molar refractivity (Wildman–Crippen MR) is 68.3 cm³/mol. The number of nitrogens with one attached hydrogen (secondary N) is 1. The van der Waals surface area contributed by atoms with E-state index in [0.717, 1.165) is 19.3 Å². The first kappa shape index (κ1) is 14.6. The minimum absolute atomic E-state index is 0.0594. The molecule has 0 spiro atoms. The van der Waals surface area contributed by atoms with Gasteiger partial charge in [0, 0.05) is 12.2 Å². The van der Waals surface area contributed by atoms with E-state index in [0.29, 0.717) is 0 Å². The number of nitriles is 1. The van der Waals surface area contributed by atoms with E-state index in [-0.39, 0.29) is 16.6 Å². The molecule has 0 fully saturated rings. The van der Waals surface area contributed by atoms with E-state index in [9.17, 15) is 8.42 Å². The monoisotopic (exact) mass is 267 g/mol. The van der Waals surface area contributed by atoms with Crippen molar-refractivity contribution in [2.24, 2.45) is 0 Å². The predicted octanol–water partition coefficient (Wildman–Crippen LogP) is 1.81. The molecular formula is C12H17N3O2S. The third kappa shape index (κ3) is 3.79. The summed E-state index contributed by atoms with van der Waals surface area (Å²) in [6, 6.07) is 4.53. The normalized spacial score (nSPS) is 12.9. The van der Waals surface area contributed by atoms with E-state index in [2.05, 4.69) is 16.6 Å². The number of pyridine rings is 1. The summed E-state index contributed by atoms with van der Waals surface area (Å²) >= 11 is 0. The third-order valence-corrected chi connectivity index (χ3v) is 4.13. The number of sulfonamides is 1. The summed E-state index contributed by atoms with van der Waals surface area (Å²) in [6.45, 7) is 3.87. The van der Waals surface area contributed by atoms with Gasteiger partial charge in [-0.05, 0) is 25.5 Å². The number of rotatable bonds is 6. The fourth-order valence-electron chi connectivity index (χ4n) is 1.59. The van der Waals surface area contributed by atoms with Crippen molar-refractivity contribution in [3.63, 3.8) is 0 Å². The van der Waals surface area contributed by atoms with Crippen LogP contribution >= 0.6 is 0 Å². The van der Waals surface area contributed by atoms with Gasteiger partial charge in [0.1, 0.15) is 11.0 Å². The molecule has 0 bridgehead atoms. The minimum atomic E-state index is -3.67. The Kier molecular flexibility index (Phi) is 5.25. The van der Waals surface area contributed by atoms with Crippen LogP contribution in [0.4, 0.5) is 0 Å². The van der Waals surface area contributed by atoms with Crippen molar-refractivity contribution >= 4 is 10.0 Å². The molecule has 0 saturated carbocycles. The van der Waals surface area contributed by atoms with Crippen molar-refractivity contribution in [3.8, 4) is 6.07 Å². The number of hydrogen-bond donors (Lipinski definition) is 1. The molecule has 0 saturated heterocycles. The molecule has 5 nitrogen and oxygen atoms in total. The molecule has 6 heteroatoms. The van der Waals surface area contributed by atoms with Gasteiger partial charge < -0.3 is 0 Å². The maximum absolute atomic E-state index is 12.1. The molecule has 0 amide bonds. The lowest BCUT2D eigenvalue weighted by atomic mass is 10.2. The summed E-state index contributed by atoms with van der Waals surface area (Å²) in [5.41, 5.74) is -0.0762. The quantitative estimate of drug-likeness (QED) is 0.852. The summed E-state index contributed by atoms with van der Waals surface area (Å²) in [5, 5.41) is 8.85. The molecule has 1 atom stereocenters. The van der Waals surface area contributed by atoms with Crippen molar-refractivity contribution in [1.29, 1.82) is 5.26 Å². The first-order chi connectivity index (χ1) is 8.51. The van der Waals surface area contributed by atoms with E-state index in [1.54, 1.807) is 6.07 Å². The zero-order valence-electron chi connectivity index (χ0n) is 10.5. The first-order valence-corrected chi connectivity index (χ1v) is 7.37. The van der Waals surface area contributed by atoms with Crippen molar-refractivity contribution < 1.29 is 8.42 Å². The lowest BCUT2D eigenvalue weighted by Gasteiger charge is -2.14. The smallest absolute Gasteiger partial charge is 0.243 e. The van der Waals surface area contributed by atoms with Crippen molar-refractivity contribution in [1.82, 2.24) is 9.71 Å². The SMILES string of the molecule is CCCCC(C)NS(=O)(=O)c1cccnc1C#N. The summed E-state index contributed by atoms with van der Waals surface area (Å²) < 4.78 is 26.7. The molecular weight excluding hydrogens is 250 g/mol. The van der Waals surface area contributed by atoms with Crippen LogP contribution in [0.1, 0.15) is 38.8 Å². The molecule has 0 aromatic carbocycles. The largest absolute Gasteiger partial charge is 0.244 e. The zero-order chi connectivity index (χ0) is 13.6. The Morgan fingerprint density at radius 1 is 1.56 bits per heavy atom. The molecule has 0 aliphatic heterocycles. The molecule has 0 aliphatic rings. The first-order valence-electron chi connectivity index (χ1n) is 5.88. The summed E-state index contributed by atoms with van der Waals surface area (Å²) in [5.74, 6) is 0. The molecule has 1 aromatic rings. The van der Waals surface area contributed by atoms with Gasteiger partial charge >= 0.3 is 0 Å². The molecule has 98 valence electrons. The highest BCUT2D eigenvalue weighted by Crippen LogP contribution is 2.13. The Hall–Kier alpha value is -1.45.